The molecule has 0 radical (unpaired) electrons. The summed E-state index contributed by atoms with van der Waals surface area (Å²) in [5, 5.41) is 3.43. The van der Waals surface area contributed by atoms with Crippen LogP contribution in [0.5, 0.6) is 0 Å². The van der Waals surface area contributed by atoms with Crippen LogP contribution in [0.3, 0.4) is 0 Å². The van der Waals surface area contributed by atoms with Crippen LogP contribution in [0.2, 0.25) is 0 Å². The van der Waals surface area contributed by atoms with Crippen molar-refractivity contribution in [2.45, 2.75) is 45.1 Å². The van der Waals surface area contributed by atoms with Crippen molar-refractivity contribution >= 4 is 0 Å². The van der Waals surface area contributed by atoms with Crippen LogP contribution >= 0.6 is 0 Å². The summed E-state index contributed by atoms with van der Waals surface area (Å²) < 4.78 is 0. The second-order valence-corrected chi connectivity index (χ2v) is 5.96. The number of aromatic nitrogens is 2. The molecule has 3 rings (SSSR count). The SMILES string of the molecule is CCNC(C)c1cnc(C2(c3ccccc3)CC2)nc1C. The zero-order valence-corrected chi connectivity index (χ0v) is 13.1. The van der Waals surface area contributed by atoms with Crippen LogP contribution in [0.25, 0.3) is 0 Å². The third-order valence-corrected chi connectivity index (χ3v) is 4.50. The maximum atomic E-state index is 4.84. The Hall–Kier alpha value is -1.74. The van der Waals surface area contributed by atoms with Crippen LogP contribution in [0.15, 0.2) is 36.5 Å². The van der Waals surface area contributed by atoms with Crippen LogP contribution in [0, 0.1) is 6.92 Å². The molecule has 1 heterocycles. The molecular weight excluding hydrogens is 258 g/mol. The second kappa shape index (κ2) is 5.57. The van der Waals surface area contributed by atoms with Crippen molar-refractivity contribution in [1.29, 1.82) is 0 Å². The van der Waals surface area contributed by atoms with E-state index in [0.717, 1.165) is 30.9 Å². The van der Waals surface area contributed by atoms with Crippen LogP contribution in [0.4, 0.5) is 0 Å². The van der Waals surface area contributed by atoms with Gasteiger partial charge >= 0.3 is 0 Å². The third-order valence-electron chi connectivity index (χ3n) is 4.50. The summed E-state index contributed by atoms with van der Waals surface area (Å²) in [6, 6.07) is 11.0. The fourth-order valence-corrected chi connectivity index (χ4v) is 3.07. The third kappa shape index (κ3) is 2.58. The molecule has 3 nitrogen and oxygen atoms in total. The molecule has 21 heavy (non-hydrogen) atoms. The van der Waals surface area contributed by atoms with Crippen LogP contribution < -0.4 is 5.32 Å². The molecule has 1 saturated carbocycles. The molecule has 1 unspecified atom stereocenters. The van der Waals surface area contributed by atoms with Gasteiger partial charge in [0.1, 0.15) is 5.82 Å². The lowest BCUT2D eigenvalue weighted by molar-refractivity contribution is 0.585. The minimum atomic E-state index is 0.0615. The molecule has 1 aliphatic rings. The molecular formula is C18H23N3. The Kier molecular flexibility index (Phi) is 3.77. The van der Waals surface area contributed by atoms with E-state index in [1.807, 2.05) is 6.20 Å². The number of hydrogen-bond acceptors (Lipinski definition) is 3. The summed E-state index contributed by atoms with van der Waals surface area (Å²) >= 11 is 0. The van der Waals surface area contributed by atoms with Gasteiger partial charge in [0, 0.05) is 23.5 Å². The number of benzene rings is 1. The van der Waals surface area contributed by atoms with Crippen molar-refractivity contribution in [2.75, 3.05) is 6.54 Å². The van der Waals surface area contributed by atoms with E-state index in [2.05, 4.69) is 56.4 Å². The van der Waals surface area contributed by atoms with E-state index in [0.29, 0.717) is 6.04 Å². The highest BCUT2D eigenvalue weighted by Crippen LogP contribution is 2.52. The van der Waals surface area contributed by atoms with Gasteiger partial charge in [-0.2, -0.15) is 0 Å². The Morgan fingerprint density at radius 3 is 2.52 bits per heavy atom. The van der Waals surface area contributed by atoms with E-state index in [1.165, 1.54) is 11.1 Å². The molecule has 1 aromatic carbocycles. The summed E-state index contributed by atoms with van der Waals surface area (Å²) in [5.41, 5.74) is 3.70. The maximum Gasteiger partial charge on any atom is 0.139 e. The fourth-order valence-electron chi connectivity index (χ4n) is 3.07. The molecule has 0 amide bonds. The standard InChI is InChI=1S/C18H23N3/c1-4-19-13(2)16-12-20-17(21-14(16)3)18(10-11-18)15-8-6-5-7-9-15/h5-9,12-13,19H,4,10-11H2,1-3H3. The van der Waals surface area contributed by atoms with Gasteiger partial charge in [0.2, 0.25) is 0 Å². The smallest absolute Gasteiger partial charge is 0.139 e. The van der Waals surface area contributed by atoms with E-state index in [1.54, 1.807) is 0 Å². The summed E-state index contributed by atoms with van der Waals surface area (Å²) in [6.45, 7) is 7.33. The number of nitrogens with zero attached hydrogens (tertiary/aromatic N) is 2. The van der Waals surface area contributed by atoms with Gasteiger partial charge in [0.15, 0.2) is 0 Å². The number of hydrogen-bond donors (Lipinski definition) is 1. The number of aryl methyl sites for hydroxylation is 1. The number of rotatable bonds is 5. The highest BCUT2D eigenvalue weighted by atomic mass is 15.0. The van der Waals surface area contributed by atoms with Gasteiger partial charge in [-0.15, -0.1) is 0 Å². The maximum absolute atomic E-state index is 4.84. The quantitative estimate of drug-likeness (QED) is 0.911. The Morgan fingerprint density at radius 2 is 1.95 bits per heavy atom. The largest absolute Gasteiger partial charge is 0.310 e. The Morgan fingerprint density at radius 1 is 1.24 bits per heavy atom. The molecule has 0 bridgehead atoms. The molecule has 0 spiro atoms. The summed E-state index contributed by atoms with van der Waals surface area (Å²) in [6.07, 6.45) is 4.31. The van der Waals surface area contributed by atoms with E-state index < -0.39 is 0 Å². The van der Waals surface area contributed by atoms with E-state index in [4.69, 9.17) is 9.97 Å². The normalized spacial score (nSPS) is 17.5. The van der Waals surface area contributed by atoms with Crippen molar-refractivity contribution < 1.29 is 0 Å². The van der Waals surface area contributed by atoms with E-state index >= 15 is 0 Å². The van der Waals surface area contributed by atoms with Gasteiger partial charge in [-0.25, -0.2) is 9.97 Å². The van der Waals surface area contributed by atoms with Gasteiger partial charge in [0.25, 0.3) is 0 Å². The topological polar surface area (TPSA) is 37.8 Å². The van der Waals surface area contributed by atoms with Crippen LogP contribution in [-0.4, -0.2) is 16.5 Å². The van der Waals surface area contributed by atoms with Crippen molar-refractivity contribution in [2.24, 2.45) is 0 Å². The van der Waals surface area contributed by atoms with Crippen molar-refractivity contribution in [3.05, 3.63) is 59.2 Å². The molecule has 1 aliphatic carbocycles. The van der Waals surface area contributed by atoms with Crippen molar-refractivity contribution in [3.63, 3.8) is 0 Å². The first-order valence-corrected chi connectivity index (χ1v) is 7.80. The van der Waals surface area contributed by atoms with Gasteiger partial charge in [-0.1, -0.05) is 37.3 Å². The second-order valence-electron chi connectivity index (χ2n) is 5.96. The van der Waals surface area contributed by atoms with E-state index in [9.17, 15) is 0 Å². The first-order chi connectivity index (χ1) is 10.2. The molecule has 1 N–H and O–H groups in total. The van der Waals surface area contributed by atoms with E-state index in [-0.39, 0.29) is 5.41 Å². The molecule has 1 fully saturated rings. The lowest BCUT2D eigenvalue weighted by atomic mass is 9.94. The average molecular weight is 281 g/mol. The first kappa shape index (κ1) is 14.2. The lowest BCUT2D eigenvalue weighted by Crippen LogP contribution is -2.21. The summed E-state index contributed by atoms with van der Waals surface area (Å²) in [5.74, 6) is 0.985. The predicted molar refractivity (Wildman–Crippen MR) is 85.3 cm³/mol. The molecule has 0 aliphatic heterocycles. The van der Waals surface area contributed by atoms with Gasteiger partial charge in [-0.3, -0.25) is 0 Å². The first-order valence-electron chi connectivity index (χ1n) is 7.80. The van der Waals surface area contributed by atoms with Gasteiger partial charge in [0.05, 0.1) is 5.41 Å². The fraction of sp³-hybridized carbons (Fsp3) is 0.444. The Labute approximate surface area is 126 Å². The molecule has 0 saturated heterocycles. The highest BCUT2D eigenvalue weighted by Gasteiger charge is 2.48. The minimum Gasteiger partial charge on any atom is -0.310 e. The molecule has 1 atom stereocenters. The highest BCUT2D eigenvalue weighted by molar-refractivity contribution is 5.40. The van der Waals surface area contributed by atoms with Gasteiger partial charge < -0.3 is 5.32 Å². The average Bonchev–Trinajstić information content (AvgIpc) is 3.30. The molecule has 1 aromatic heterocycles. The Balaban J connectivity index is 1.93. The minimum absolute atomic E-state index is 0.0615. The molecule has 2 aromatic rings. The summed E-state index contributed by atoms with van der Waals surface area (Å²) in [7, 11) is 0. The zero-order valence-electron chi connectivity index (χ0n) is 13.1. The monoisotopic (exact) mass is 281 g/mol. The molecule has 3 heteroatoms. The number of nitrogens with one attached hydrogen (secondary N) is 1. The zero-order chi connectivity index (χ0) is 14.9. The lowest BCUT2D eigenvalue weighted by Gasteiger charge is -2.18. The van der Waals surface area contributed by atoms with Crippen LogP contribution in [0.1, 0.15) is 55.4 Å². The summed E-state index contributed by atoms with van der Waals surface area (Å²) in [4.78, 5) is 9.54. The predicted octanol–water partition coefficient (Wildman–Crippen LogP) is 3.54. The van der Waals surface area contributed by atoms with Crippen molar-refractivity contribution in [1.82, 2.24) is 15.3 Å². The Bertz CT molecular complexity index is 618. The molecule has 110 valence electrons. The van der Waals surface area contributed by atoms with Gasteiger partial charge in [-0.05, 0) is 38.8 Å². The van der Waals surface area contributed by atoms with Crippen LogP contribution in [-0.2, 0) is 5.41 Å². The van der Waals surface area contributed by atoms with Crippen molar-refractivity contribution in [3.8, 4) is 0 Å².